The molecular weight excluding hydrogens is 316 g/mol. The zero-order chi connectivity index (χ0) is 18.6. The number of rotatable bonds is 5. The van der Waals surface area contributed by atoms with E-state index in [-0.39, 0.29) is 5.41 Å². The number of ether oxygens (including phenoxy) is 2. The second-order valence-electron chi connectivity index (χ2n) is 7.05. The molecule has 0 heterocycles. The molecule has 0 aromatic heterocycles. The second-order valence-corrected chi connectivity index (χ2v) is 7.05. The van der Waals surface area contributed by atoms with Crippen molar-refractivity contribution in [3.8, 4) is 22.6 Å². The Bertz CT molecular complexity index is 737. The number of carbonyl (C=O) groups excluding carboxylic acids is 1. The van der Waals surface area contributed by atoms with Crippen LogP contribution in [0.25, 0.3) is 11.1 Å². The highest BCUT2D eigenvalue weighted by atomic mass is 16.6. The van der Waals surface area contributed by atoms with Gasteiger partial charge in [0.1, 0.15) is 11.5 Å². The predicted octanol–water partition coefficient (Wildman–Crippen LogP) is 4.58. The molecule has 4 nitrogen and oxygen atoms in total. The quantitative estimate of drug-likeness (QED) is 0.375. The second kappa shape index (κ2) is 7.53. The standard InChI is InChI=1S/C21H24O4/c1-14(2)19(22)24-17-10-6-15(7-11-17)16-8-12-18(13-9-16)25-20(23)21(3,4)5/h6-13,20,23H,1H2,2-5H3. The molecule has 1 atom stereocenters. The van der Waals surface area contributed by atoms with Crippen LogP contribution < -0.4 is 9.47 Å². The van der Waals surface area contributed by atoms with E-state index in [1.165, 1.54) is 0 Å². The molecule has 2 aromatic rings. The smallest absolute Gasteiger partial charge is 0.338 e. The lowest BCUT2D eigenvalue weighted by Crippen LogP contribution is -2.31. The molecular formula is C21H24O4. The first kappa shape index (κ1) is 18.7. The maximum absolute atomic E-state index is 11.5. The summed E-state index contributed by atoms with van der Waals surface area (Å²) in [5.74, 6) is 0.648. The monoisotopic (exact) mass is 340 g/mol. The van der Waals surface area contributed by atoms with Gasteiger partial charge in [-0.05, 0) is 42.3 Å². The van der Waals surface area contributed by atoms with Gasteiger partial charge in [0.25, 0.3) is 0 Å². The van der Waals surface area contributed by atoms with Crippen LogP contribution in [0, 0.1) is 5.41 Å². The number of hydrogen-bond donors (Lipinski definition) is 1. The molecule has 0 saturated carbocycles. The van der Waals surface area contributed by atoms with Gasteiger partial charge in [0.15, 0.2) is 0 Å². The third-order valence-corrected chi connectivity index (χ3v) is 3.59. The van der Waals surface area contributed by atoms with Crippen LogP contribution in [-0.4, -0.2) is 17.4 Å². The van der Waals surface area contributed by atoms with Gasteiger partial charge in [-0.3, -0.25) is 0 Å². The van der Waals surface area contributed by atoms with Crippen molar-refractivity contribution < 1.29 is 19.4 Å². The van der Waals surface area contributed by atoms with Crippen molar-refractivity contribution in [3.05, 3.63) is 60.7 Å². The van der Waals surface area contributed by atoms with Gasteiger partial charge in [-0.1, -0.05) is 51.6 Å². The van der Waals surface area contributed by atoms with Crippen molar-refractivity contribution in [1.82, 2.24) is 0 Å². The molecule has 0 bridgehead atoms. The summed E-state index contributed by atoms with van der Waals surface area (Å²) < 4.78 is 10.7. The van der Waals surface area contributed by atoms with Crippen molar-refractivity contribution in [2.75, 3.05) is 0 Å². The SMILES string of the molecule is C=C(C)C(=O)Oc1ccc(-c2ccc(OC(O)C(C)(C)C)cc2)cc1. The van der Waals surface area contributed by atoms with Crippen LogP contribution in [0.5, 0.6) is 11.5 Å². The van der Waals surface area contributed by atoms with E-state index < -0.39 is 12.3 Å². The molecule has 0 spiro atoms. The zero-order valence-electron chi connectivity index (χ0n) is 15.1. The van der Waals surface area contributed by atoms with E-state index in [9.17, 15) is 9.90 Å². The van der Waals surface area contributed by atoms with Crippen LogP contribution in [0.2, 0.25) is 0 Å². The van der Waals surface area contributed by atoms with Crippen LogP contribution in [0.4, 0.5) is 0 Å². The zero-order valence-corrected chi connectivity index (χ0v) is 15.1. The minimum atomic E-state index is -0.874. The summed E-state index contributed by atoms with van der Waals surface area (Å²) in [6, 6.07) is 14.7. The van der Waals surface area contributed by atoms with E-state index >= 15 is 0 Å². The normalized spacial score (nSPS) is 12.4. The van der Waals surface area contributed by atoms with Crippen molar-refractivity contribution in [2.45, 2.75) is 34.0 Å². The van der Waals surface area contributed by atoms with Gasteiger partial charge < -0.3 is 14.6 Å². The summed E-state index contributed by atoms with van der Waals surface area (Å²) in [5.41, 5.74) is 1.99. The van der Waals surface area contributed by atoms with Crippen LogP contribution in [0.15, 0.2) is 60.7 Å². The molecule has 1 N–H and O–H groups in total. The van der Waals surface area contributed by atoms with Crippen molar-refractivity contribution >= 4 is 5.97 Å². The molecule has 132 valence electrons. The molecule has 25 heavy (non-hydrogen) atoms. The third kappa shape index (κ3) is 5.19. The maximum Gasteiger partial charge on any atom is 0.338 e. The highest BCUT2D eigenvalue weighted by Gasteiger charge is 2.23. The molecule has 0 radical (unpaired) electrons. The summed E-state index contributed by atoms with van der Waals surface area (Å²) in [7, 11) is 0. The molecule has 4 heteroatoms. The van der Waals surface area contributed by atoms with Crippen LogP contribution in [0.1, 0.15) is 27.7 Å². The van der Waals surface area contributed by atoms with Crippen molar-refractivity contribution in [1.29, 1.82) is 0 Å². The largest absolute Gasteiger partial charge is 0.465 e. The Hall–Kier alpha value is -2.59. The van der Waals surface area contributed by atoms with Crippen molar-refractivity contribution in [2.24, 2.45) is 5.41 Å². The lowest BCUT2D eigenvalue weighted by Gasteiger charge is -2.26. The fraction of sp³-hybridized carbons (Fsp3) is 0.286. The average Bonchev–Trinajstić information content (AvgIpc) is 2.55. The molecule has 1 unspecified atom stereocenters. The van der Waals surface area contributed by atoms with E-state index in [0.717, 1.165) is 11.1 Å². The summed E-state index contributed by atoms with van der Waals surface area (Å²) in [5, 5.41) is 10.00. The van der Waals surface area contributed by atoms with E-state index in [1.807, 2.05) is 57.2 Å². The number of aliphatic hydroxyl groups excluding tert-OH is 1. The Kier molecular flexibility index (Phi) is 5.65. The topological polar surface area (TPSA) is 55.8 Å². The van der Waals surface area contributed by atoms with Gasteiger partial charge in [0.2, 0.25) is 6.29 Å². The molecule has 0 aliphatic heterocycles. The van der Waals surface area contributed by atoms with E-state index in [2.05, 4.69) is 6.58 Å². The number of esters is 1. The van der Waals surface area contributed by atoms with Crippen LogP contribution >= 0.6 is 0 Å². The predicted molar refractivity (Wildman–Crippen MR) is 98.4 cm³/mol. The van der Waals surface area contributed by atoms with Gasteiger partial charge in [-0.25, -0.2) is 4.79 Å². The number of carbonyl (C=O) groups is 1. The molecule has 2 rings (SSSR count). The number of benzene rings is 2. The minimum absolute atomic E-state index is 0.351. The summed E-state index contributed by atoms with van der Waals surface area (Å²) in [4.78, 5) is 11.5. The van der Waals surface area contributed by atoms with E-state index in [1.54, 1.807) is 19.1 Å². The van der Waals surface area contributed by atoms with E-state index in [0.29, 0.717) is 17.1 Å². The lowest BCUT2D eigenvalue weighted by molar-refractivity contribution is -0.130. The molecule has 0 amide bonds. The summed E-state index contributed by atoms with van der Waals surface area (Å²) in [6.07, 6.45) is -0.874. The molecule has 0 fully saturated rings. The first-order valence-electron chi connectivity index (χ1n) is 8.10. The fourth-order valence-corrected chi connectivity index (χ4v) is 1.94. The minimum Gasteiger partial charge on any atom is -0.465 e. The van der Waals surface area contributed by atoms with Gasteiger partial charge in [0.05, 0.1) is 0 Å². The first-order valence-corrected chi connectivity index (χ1v) is 8.10. The highest BCUT2D eigenvalue weighted by molar-refractivity contribution is 5.88. The fourth-order valence-electron chi connectivity index (χ4n) is 1.94. The molecule has 0 saturated heterocycles. The third-order valence-electron chi connectivity index (χ3n) is 3.59. The van der Waals surface area contributed by atoms with Gasteiger partial charge in [-0.2, -0.15) is 0 Å². The molecule has 0 aliphatic rings. The average molecular weight is 340 g/mol. The molecule has 0 aliphatic carbocycles. The Labute approximate surface area is 148 Å². The van der Waals surface area contributed by atoms with Gasteiger partial charge in [-0.15, -0.1) is 0 Å². The Morgan fingerprint density at radius 3 is 1.80 bits per heavy atom. The lowest BCUT2D eigenvalue weighted by atomic mass is 9.96. The van der Waals surface area contributed by atoms with E-state index in [4.69, 9.17) is 9.47 Å². The van der Waals surface area contributed by atoms with Crippen LogP contribution in [-0.2, 0) is 4.79 Å². The summed E-state index contributed by atoms with van der Waals surface area (Å²) in [6.45, 7) is 10.9. The Morgan fingerprint density at radius 1 is 0.960 bits per heavy atom. The maximum atomic E-state index is 11.5. The summed E-state index contributed by atoms with van der Waals surface area (Å²) >= 11 is 0. The van der Waals surface area contributed by atoms with Crippen LogP contribution in [0.3, 0.4) is 0 Å². The van der Waals surface area contributed by atoms with Gasteiger partial charge >= 0.3 is 5.97 Å². The van der Waals surface area contributed by atoms with Gasteiger partial charge in [0, 0.05) is 11.0 Å². The Morgan fingerprint density at radius 2 is 1.40 bits per heavy atom. The number of hydrogen-bond acceptors (Lipinski definition) is 4. The number of aliphatic hydroxyl groups is 1. The first-order chi connectivity index (χ1) is 11.7. The highest BCUT2D eigenvalue weighted by Crippen LogP contribution is 2.27. The molecule has 2 aromatic carbocycles. The van der Waals surface area contributed by atoms with Crippen molar-refractivity contribution in [3.63, 3.8) is 0 Å². The Balaban J connectivity index is 2.07.